The number of aliphatic hydroxyl groups is 1. The van der Waals surface area contributed by atoms with Crippen molar-refractivity contribution in [3.63, 3.8) is 0 Å². The SMILES string of the molecule is CCCCCC=CCCOC(=O)CCCCCCC(=O)OCc1cc(CO)cc(COC(=O)CCC(OCCCCCCCC)OCCCCCCCC)c1. The largest absolute Gasteiger partial charge is 0.465 e. The highest BCUT2D eigenvalue weighted by Crippen LogP contribution is 2.16. The Morgan fingerprint density at radius 1 is 0.509 bits per heavy atom. The molecule has 316 valence electrons. The average Bonchev–Trinajstić information content (AvgIpc) is 3.19. The van der Waals surface area contributed by atoms with Crippen LogP contribution in [0.25, 0.3) is 0 Å². The van der Waals surface area contributed by atoms with Crippen LogP contribution < -0.4 is 0 Å². The van der Waals surface area contributed by atoms with E-state index < -0.39 is 6.29 Å². The van der Waals surface area contributed by atoms with E-state index >= 15 is 0 Å². The van der Waals surface area contributed by atoms with Crippen LogP contribution in [0, 0.1) is 0 Å². The molecule has 55 heavy (non-hydrogen) atoms. The van der Waals surface area contributed by atoms with Crippen LogP contribution in [0.3, 0.4) is 0 Å². The van der Waals surface area contributed by atoms with Gasteiger partial charge < -0.3 is 28.8 Å². The highest BCUT2D eigenvalue weighted by atomic mass is 16.7. The molecule has 0 aromatic heterocycles. The molecule has 1 aromatic rings. The molecule has 0 atom stereocenters. The minimum atomic E-state index is -0.427. The number of hydrogen-bond donors (Lipinski definition) is 1. The summed E-state index contributed by atoms with van der Waals surface area (Å²) >= 11 is 0. The standard InChI is InChI=1S/C46H78O9/c1-4-7-10-13-16-21-24-31-51-43(48)27-22-17-18-23-28-44(49)54-38-41-34-40(37-47)35-42(36-41)39-55-45(50)29-30-46(52-32-25-19-14-11-8-5-2)53-33-26-20-15-12-9-6-3/h16,21,34-36,46-47H,4-15,17-20,22-33,37-39H2,1-3H3. The summed E-state index contributed by atoms with van der Waals surface area (Å²) in [4.78, 5) is 37.1. The van der Waals surface area contributed by atoms with Crippen LogP contribution in [-0.4, -0.2) is 49.1 Å². The van der Waals surface area contributed by atoms with E-state index in [4.69, 9.17) is 23.7 Å². The summed E-state index contributed by atoms with van der Waals surface area (Å²) in [5.74, 6) is -0.799. The van der Waals surface area contributed by atoms with Gasteiger partial charge in [0.25, 0.3) is 0 Å². The topological polar surface area (TPSA) is 118 Å². The average molecular weight is 775 g/mol. The fourth-order valence-corrected chi connectivity index (χ4v) is 6.17. The molecule has 0 saturated carbocycles. The normalized spacial score (nSPS) is 11.4. The first-order chi connectivity index (χ1) is 26.9. The lowest BCUT2D eigenvalue weighted by Gasteiger charge is -2.19. The van der Waals surface area contributed by atoms with E-state index in [0.717, 1.165) is 68.9 Å². The Hall–Kier alpha value is -2.75. The maximum absolute atomic E-state index is 12.7. The van der Waals surface area contributed by atoms with Crippen LogP contribution in [0.2, 0.25) is 0 Å². The number of esters is 3. The number of aliphatic hydroxyl groups excluding tert-OH is 1. The fourth-order valence-electron chi connectivity index (χ4n) is 6.17. The van der Waals surface area contributed by atoms with Gasteiger partial charge in [-0.15, -0.1) is 0 Å². The Labute approximate surface area is 334 Å². The number of unbranched alkanes of at least 4 members (excludes halogenated alkanes) is 16. The van der Waals surface area contributed by atoms with Gasteiger partial charge in [-0.2, -0.15) is 0 Å². The highest BCUT2D eigenvalue weighted by Gasteiger charge is 2.14. The maximum atomic E-state index is 12.7. The molecule has 0 aliphatic rings. The molecule has 0 spiro atoms. The van der Waals surface area contributed by atoms with Gasteiger partial charge in [-0.05, 0) is 67.7 Å². The summed E-state index contributed by atoms with van der Waals surface area (Å²) in [6, 6.07) is 5.41. The molecule has 0 heterocycles. The monoisotopic (exact) mass is 775 g/mol. The Bertz CT molecular complexity index is 1100. The zero-order valence-corrected chi connectivity index (χ0v) is 35.1. The Kier molecular flexibility index (Phi) is 33.7. The molecule has 9 nitrogen and oxygen atoms in total. The third-order valence-corrected chi connectivity index (χ3v) is 9.48. The summed E-state index contributed by atoms with van der Waals surface area (Å²) in [5.41, 5.74) is 2.10. The van der Waals surface area contributed by atoms with Gasteiger partial charge in [0.2, 0.25) is 0 Å². The number of rotatable bonds is 38. The van der Waals surface area contributed by atoms with Crippen molar-refractivity contribution < 1.29 is 43.2 Å². The summed E-state index contributed by atoms with van der Waals surface area (Å²) < 4.78 is 28.5. The number of benzene rings is 1. The minimum absolute atomic E-state index is 0.0548. The first-order valence-corrected chi connectivity index (χ1v) is 22.0. The lowest BCUT2D eigenvalue weighted by molar-refractivity contribution is -0.160. The van der Waals surface area contributed by atoms with Gasteiger partial charge in [-0.1, -0.05) is 135 Å². The summed E-state index contributed by atoms with van der Waals surface area (Å²) in [6.07, 6.45) is 27.9. The highest BCUT2D eigenvalue weighted by molar-refractivity contribution is 5.70. The molecule has 0 aliphatic carbocycles. The summed E-state index contributed by atoms with van der Waals surface area (Å²) in [6.45, 7) is 8.25. The zero-order chi connectivity index (χ0) is 40.0. The quantitative estimate of drug-likeness (QED) is 0.0230. The van der Waals surface area contributed by atoms with Gasteiger partial charge in [0.1, 0.15) is 13.2 Å². The van der Waals surface area contributed by atoms with Crippen molar-refractivity contribution in [3.05, 3.63) is 47.0 Å². The minimum Gasteiger partial charge on any atom is -0.465 e. The molecule has 0 unspecified atom stereocenters. The Balaban J connectivity index is 2.37. The third kappa shape index (κ3) is 31.1. The maximum Gasteiger partial charge on any atom is 0.306 e. The second-order valence-electron chi connectivity index (χ2n) is 14.8. The molecule has 0 aliphatic heterocycles. The van der Waals surface area contributed by atoms with E-state index in [-0.39, 0.29) is 44.1 Å². The van der Waals surface area contributed by atoms with Crippen molar-refractivity contribution in [1.29, 1.82) is 0 Å². The van der Waals surface area contributed by atoms with Crippen LogP contribution >= 0.6 is 0 Å². The van der Waals surface area contributed by atoms with Crippen LogP contribution in [0.15, 0.2) is 30.4 Å². The third-order valence-electron chi connectivity index (χ3n) is 9.48. The Morgan fingerprint density at radius 2 is 0.945 bits per heavy atom. The van der Waals surface area contributed by atoms with Gasteiger partial charge in [-0.3, -0.25) is 14.4 Å². The van der Waals surface area contributed by atoms with E-state index in [1.54, 1.807) is 12.1 Å². The van der Waals surface area contributed by atoms with E-state index in [2.05, 4.69) is 32.9 Å². The van der Waals surface area contributed by atoms with Gasteiger partial charge >= 0.3 is 17.9 Å². The van der Waals surface area contributed by atoms with Crippen LogP contribution in [0.1, 0.15) is 198 Å². The smallest absolute Gasteiger partial charge is 0.306 e. The van der Waals surface area contributed by atoms with Crippen LogP contribution in [0.5, 0.6) is 0 Å². The molecule has 0 radical (unpaired) electrons. The molecule has 0 fully saturated rings. The number of hydrogen-bond acceptors (Lipinski definition) is 9. The molecule has 1 rings (SSSR count). The van der Waals surface area contributed by atoms with Crippen molar-refractivity contribution in [1.82, 2.24) is 0 Å². The molecule has 0 saturated heterocycles. The van der Waals surface area contributed by atoms with Gasteiger partial charge in [0.15, 0.2) is 6.29 Å². The van der Waals surface area contributed by atoms with E-state index in [1.807, 2.05) is 6.07 Å². The van der Waals surface area contributed by atoms with Gasteiger partial charge in [0.05, 0.1) is 19.6 Å². The van der Waals surface area contributed by atoms with Crippen molar-refractivity contribution >= 4 is 17.9 Å². The predicted molar refractivity (Wildman–Crippen MR) is 220 cm³/mol. The van der Waals surface area contributed by atoms with Gasteiger partial charge in [-0.25, -0.2) is 0 Å². The van der Waals surface area contributed by atoms with E-state index in [0.29, 0.717) is 51.1 Å². The van der Waals surface area contributed by atoms with Crippen LogP contribution in [0.4, 0.5) is 0 Å². The number of carbonyl (C=O) groups is 3. The van der Waals surface area contributed by atoms with Crippen LogP contribution in [-0.2, 0) is 57.9 Å². The lowest BCUT2D eigenvalue weighted by atomic mass is 10.1. The second-order valence-corrected chi connectivity index (χ2v) is 14.8. The molecule has 0 bridgehead atoms. The molecule has 9 heteroatoms. The first kappa shape index (κ1) is 50.3. The lowest BCUT2D eigenvalue weighted by Crippen LogP contribution is -2.21. The van der Waals surface area contributed by atoms with Gasteiger partial charge in [0, 0.05) is 32.5 Å². The number of ether oxygens (including phenoxy) is 5. The van der Waals surface area contributed by atoms with Crippen molar-refractivity contribution in [2.45, 2.75) is 207 Å². The molecule has 0 amide bonds. The number of carbonyl (C=O) groups excluding carboxylic acids is 3. The molecule has 1 N–H and O–H groups in total. The fraction of sp³-hybridized carbons (Fsp3) is 0.761. The van der Waals surface area contributed by atoms with Crippen molar-refractivity contribution in [2.24, 2.45) is 0 Å². The molecular formula is C46H78O9. The first-order valence-electron chi connectivity index (χ1n) is 22.0. The summed E-state index contributed by atoms with van der Waals surface area (Å²) in [7, 11) is 0. The van der Waals surface area contributed by atoms with E-state index in [9.17, 15) is 19.5 Å². The molecule has 1 aromatic carbocycles. The second kappa shape index (κ2) is 36.9. The van der Waals surface area contributed by atoms with E-state index in [1.165, 1.54) is 70.6 Å². The molecular weight excluding hydrogens is 696 g/mol. The van der Waals surface area contributed by atoms with Crippen molar-refractivity contribution in [3.8, 4) is 0 Å². The Morgan fingerprint density at radius 3 is 1.49 bits per heavy atom. The zero-order valence-electron chi connectivity index (χ0n) is 35.1. The summed E-state index contributed by atoms with van der Waals surface area (Å²) in [5, 5.41) is 9.82. The number of allylic oxidation sites excluding steroid dienone is 1. The van der Waals surface area contributed by atoms with Crippen molar-refractivity contribution in [2.75, 3.05) is 19.8 Å². The predicted octanol–water partition coefficient (Wildman–Crippen LogP) is 11.5.